The highest BCUT2D eigenvalue weighted by molar-refractivity contribution is 7.89. The lowest BCUT2D eigenvalue weighted by Gasteiger charge is -2.11. The van der Waals surface area contributed by atoms with Gasteiger partial charge < -0.3 is 10.4 Å². The summed E-state index contributed by atoms with van der Waals surface area (Å²) in [4.78, 5) is 20.8. The number of amides is 1. The molecule has 1 aromatic rings. The van der Waals surface area contributed by atoms with E-state index < -0.39 is 38.5 Å². The number of aliphatic carboxylic acids is 1. The molecule has 1 aromatic carbocycles. The normalized spacial score (nSPS) is 12.7. The second-order valence-corrected chi connectivity index (χ2v) is 6.15. The van der Waals surface area contributed by atoms with Crippen LogP contribution in [0.5, 0.6) is 0 Å². The van der Waals surface area contributed by atoms with Crippen molar-refractivity contribution in [2.75, 3.05) is 11.9 Å². The summed E-state index contributed by atoms with van der Waals surface area (Å²) in [6, 6.07) is 3.10. The van der Waals surface area contributed by atoms with Crippen molar-refractivity contribution >= 4 is 27.6 Å². The molecule has 7 nitrogen and oxygen atoms in total. The molecule has 0 aromatic heterocycles. The highest BCUT2D eigenvalue weighted by Crippen LogP contribution is 2.19. The van der Waals surface area contributed by atoms with Gasteiger partial charge in [-0.3, -0.25) is 9.59 Å². The smallest absolute Gasteiger partial charge is 0.307 e. The summed E-state index contributed by atoms with van der Waals surface area (Å²) in [7, 11) is -4.17. The number of sulfonamides is 1. The summed E-state index contributed by atoms with van der Waals surface area (Å²) in [6.07, 6.45) is 0. The van der Waals surface area contributed by atoms with Crippen LogP contribution in [0.3, 0.4) is 0 Å². The zero-order chi connectivity index (χ0) is 16.2. The molecule has 0 aliphatic heterocycles. The lowest BCUT2D eigenvalue weighted by molar-refractivity contribution is -0.140. The molecule has 0 saturated heterocycles. The zero-order valence-corrected chi connectivity index (χ0v) is 12.2. The molecule has 0 bridgehead atoms. The van der Waals surface area contributed by atoms with Crippen molar-refractivity contribution in [3.63, 3.8) is 0 Å². The molecule has 116 valence electrons. The topological polar surface area (TPSA) is 113 Å². The number of benzene rings is 1. The van der Waals surface area contributed by atoms with E-state index in [0.717, 1.165) is 12.1 Å². The fraction of sp³-hybridized carbons (Fsp3) is 0.333. The van der Waals surface area contributed by atoms with Crippen molar-refractivity contribution in [2.45, 2.75) is 18.7 Å². The van der Waals surface area contributed by atoms with Gasteiger partial charge in [-0.15, -0.1) is 0 Å². The van der Waals surface area contributed by atoms with Crippen LogP contribution in [-0.2, 0) is 19.6 Å². The van der Waals surface area contributed by atoms with Crippen LogP contribution in [0.25, 0.3) is 0 Å². The van der Waals surface area contributed by atoms with Crippen molar-refractivity contribution < 1.29 is 27.5 Å². The predicted octanol–water partition coefficient (Wildman–Crippen LogP) is 0.783. The Morgan fingerprint density at radius 1 is 1.38 bits per heavy atom. The number of carboxylic acids is 1. The molecule has 3 N–H and O–H groups in total. The number of carboxylic acid groups (broad SMARTS) is 1. The number of nitrogens with one attached hydrogen (secondary N) is 2. The van der Waals surface area contributed by atoms with Gasteiger partial charge in [0.1, 0.15) is 10.7 Å². The van der Waals surface area contributed by atoms with Crippen LogP contribution in [0.4, 0.5) is 10.1 Å². The lowest BCUT2D eigenvalue weighted by Crippen LogP contribution is -2.32. The van der Waals surface area contributed by atoms with Crippen LogP contribution in [0.2, 0.25) is 0 Å². The molecule has 9 heteroatoms. The quantitative estimate of drug-likeness (QED) is 0.717. The maximum Gasteiger partial charge on any atom is 0.307 e. The Labute approximate surface area is 121 Å². The van der Waals surface area contributed by atoms with E-state index in [1.54, 1.807) is 0 Å². The average molecular weight is 318 g/mol. The minimum atomic E-state index is -4.17. The summed E-state index contributed by atoms with van der Waals surface area (Å²) in [6.45, 7) is 2.20. The van der Waals surface area contributed by atoms with E-state index in [1.807, 2.05) is 4.72 Å². The third-order valence-corrected chi connectivity index (χ3v) is 4.00. The van der Waals surface area contributed by atoms with Gasteiger partial charge in [0.2, 0.25) is 15.9 Å². The molecule has 1 atom stereocenters. The zero-order valence-electron chi connectivity index (χ0n) is 11.4. The number of halogens is 1. The molecular weight excluding hydrogens is 303 g/mol. The molecule has 0 saturated carbocycles. The number of carbonyl (C=O) groups is 2. The van der Waals surface area contributed by atoms with Crippen LogP contribution >= 0.6 is 0 Å². The molecule has 0 radical (unpaired) electrons. The van der Waals surface area contributed by atoms with Gasteiger partial charge in [-0.25, -0.2) is 17.5 Å². The Balaban J connectivity index is 2.93. The summed E-state index contributed by atoms with van der Waals surface area (Å²) in [5, 5.41) is 11.0. The molecule has 0 aliphatic carbocycles. The molecule has 0 spiro atoms. The first-order valence-electron chi connectivity index (χ1n) is 5.93. The van der Waals surface area contributed by atoms with Crippen LogP contribution in [0, 0.1) is 11.7 Å². The van der Waals surface area contributed by atoms with E-state index in [9.17, 15) is 22.4 Å². The van der Waals surface area contributed by atoms with E-state index in [0.29, 0.717) is 0 Å². The molecule has 1 rings (SSSR count). The molecule has 21 heavy (non-hydrogen) atoms. The maximum atomic E-state index is 13.8. The van der Waals surface area contributed by atoms with Crippen LogP contribution < -0.4 is 10.0 Å². The molecule has 1 unspecified atom stereocenters. The minimum Gasteiger partial charge on any atom is -0.481 e. The summed E-state index contributed by atoms with van der Waals surface area (Å²) < 4.78 is 39.6. The van der Waals surface area contributed by atoms with Crippen molar-refractivity contribution in [1.29, 1.82) is 0 Å². The third-order valence-electron chi connectivity index (χ3n) is 2.54. The lowest BCUT2D eigenvalue weighted by atomic mass is 10.2. The summed E-state index contributed by atoms with van der Waals surface area (Å²) >= 11 is 0. The average Bonchev–Trinajstić information content (AvgIpc) is 2.34. The molecule has 0 fully saturated rings. The van der Waals surface area contributed by atoms with E-state index in [4.69, 9.17) is 5.11 Å². The second kappa shape index (κ2) is 6.64. The van der Waals surface area contributed by atoms with Gasteiger partial charge in [-0.1, -0.05) is 6.92 Å². The monoisotopic (exact) mass is 318 g/mol. The number of carbonyl (C=O) groups excluding carboxylic acids is 1. The van der Waals surface area contributed by atoms with Crippen molar-refractivity contribution in [2.24, 2.45) is 5.92 Å². The fourth-order valence-electron chi connectivity index (χ4n) is 1.40. The second-order valence-electron chi connectivity index (χ2n) is 4.42. The van der Waals surface area contributed by atoms with Gasteiger partial charge in [-0.2, -0.15) is 0 Å². The van der Waals surface area contributed by atoms with Crippen molar-refractivity contribution in [1.82, 2.24) is 4.72 Å². The van der Waals surface area contributed by atoms with Crippen molar-refractivity contribution in [3.8, 4) is 0 Å². The predicted molar refractivity (Wildman–Crippen MR) is 72.7 cm³/mol. The Hall–Kier alpha value is -2.00. The minimum absolute atomic E-state index is 0.123. The largest absolute Gasteiger partial charge is 0.481 e. The van der Waals surface area contributed by atoms with E-state index >= 15 is 0 Å². The Morgan fingerprint density at radius 3 is 2.48 bits per heavy atom. The Bertz CT molecular complexity index is 660. The first kappa shape index (κ1) is 17.1. The Morgan fingerprint density at radius 2 is 2.00 bits per heavy atom. The third kappa shape index (κ3) is 4.80. The van der Waals surface area contributed by atoms with Gasteiger partial charge in [-0.05, 0) is 18.2 Å². The standard InChI is InChI=1S/C12H15FN2O5S/c1-7(12(17)18)6-14-21(19,20)11-4-3-9(5-10(11)13)15-8(2)16/h3-5,7,14H,6H2,1-2H3,(H,15,16)(H,17,18). The Kier molecular flexibility index (Phi) is 5.39. The van der Waals surface area contributed by atoms with Gasteiger partial charge in [0.25, 0.3) is 0 Å². The summed E-state index contributed by atoms with van der Waals surface area (Å²) in [5.41, 5.74) is 0.123. The SMILES string of the molecule is CC(=O)Nc1ccc(S(=O)(=O)NCC(C)C(=O)O)c(F)c1. The van der Waals surface area contributed by atoms with Gasteiger partial charge in [0, 0.05) is 19.2 Å². The van der Waals surface area contributed by atoms with Gasteiger partial charge >= 0.3 is 5.97 Å². The first-order valence-corrected chi connectivity index (χ1v) is 7.41. The number of hydrogen-bond donors (Lipinski definition) is 3. The van der Waals surface area contributed by atoms with Crippen LogP contribution in [0.15, 0.2) is 23.1 Å². The molecule has 1 amide bonds. The molecular formula is C12H15FN2O5S. The highest BCUT2D eigenvalue weighted by Gasteiger charge is 2.21. The molecule has 0 aliphatic rings. The summed E-state index contributed by atoms with van der Waals surface area (Å²) in [5.74, 6) is -3.57. The number of rotatable bonds is 6. The number of anilines is 1. The first-order chi connectivity index (χ1) is 9.63. The maximum absolute atomic E-state index is 13.8. The van der Waals surface area contributed by atoms with E-state index in [2.05, 4.69) is 5.32 Å². The fourth-order valence-corrected chi connectivity index (χ4v) is 2.59. The highest BCUT2D eigenvalue weighted by atomic mass is 32.2. The van der Waals surface area contributed by atoms with E-state index in [1.165, 1.54) is 19.9 Å². The van der Waals surface area contributed by atoms with Crippen LogP contribution in [-0.4, -0.2) is 31.9 Å². The number of hydrogen-bond acceptors (Lipinski definition) is 4. The molecule has 0 heterocycles. The van der Waals surface area contributed by atoms with Gasteiger partial charge in [0.15, 0.2) is 0 Å². The van der Waals surface area contributed by atoms with Gasteiger partial charge in [0.05, 0.1) is 5.92 Å². The van der Waals surface area contributed by atoms with Crippen molar-refractivity contribution in [3.05, 3.63) is 24.0 Å². The van der Waals surface area contributed by atoms with Crippen LogP contribution in [0.1, 0.15) is 13.8 Å². The van der Waals surface area contributed by atoms with E-state index in [-0.39, 0.29) is 12.2 Å².